The number of aliphatic hydroxyl groups excluding tert-OH is 1. The van der Waals surface area contributed by atoms with Crippen LogP contribution in [0.4, 0.5) is 6.01 Å². The summed E-state index contributed by atoms with van der Waals surface area (Å²) in [5, 5.41) is 13.3. The van der Waals surface area contributed by atoms with E-state index in [0.29, 0.717) is 52.5 Å². The molecule has 8 nitrogen and oxygen atoms in total. The zero-order chi connectivity index (χ0) is 22.5. The van der Waals surface area contributed by atoms with Crippen LogP contribution in [0.5, 0.6) is 11.5 Å². The molecule has 1 fully saturated rings. The third kappa shape index (κ3) is 5.09. The molecule has 0 saturated carbocycles. The van der Waals surface area contributed by atoms with Gasteiger partial charge in [-0.15, -0.1) is 0 Å². The molecular weight excluding hydrogens is 432 g/mol. The normalized spacial score (nSPS) is 15.2. The summed E-state index contributed by atoms with van der Waals surface area (Å²) in [5.74, 6) is 1.33. The predicted molar refractivity (Wildman–Crippen MR) is 123 cm³/mol. The molecule has 1 saturated heterocycles. The molecule has 0 unspecified atom stereocenters. The smallest absolute Gasteiger partial charge is 0.295 e. The molecule has 1 aliphatic heterocycles. The van der Waals surface area contributed by atoms with Crippen molar-refractivity contribution in [3.8, 4) is 11.5 Å². The Morgan fingerprint density at radius 1 is 1.19 bits per heavy atom. The van der Waals surface area contributed by atoms with E-state index >= 15 is 0 Å². The molecule has 0 radical (unpaired) electrons. The van der Waals surface area contributed by atoms with Crippen molar-refractivity contribution in [1.82, 2.24) is 14.9 Å². The summed E-state index contributed by atoms with van der Waals surface area (Å²) in [5.41, 5.74) is 2.85. The largest absolute Gasteiger partial charge is 0.492 e. The molecule has 3 heterocycles. The Kier molecular flexibility index (Phi) is 7.34. The number of nitrogens with one attached hydrogen (secondary N) is 1. The van der Waals surface area contributed by atoms with Crippen LogP contribution in [0, 0.1) is 0 Å². The van der Waals surface area contributed by atoms with Gasteiger partial charge >= 0.3 is 0 Å². The van der Waals surface area contributed by atoms with Crippen LogP contribution < -0.4 is 14.8 Å². The second-order valence-electron chi connectivity index (χ2n) is 7.75. The highest BCUT2D eigenvalue weighted by Gasteiger charge is 2.22. The molecule has 2 N–H and O–H groups in total. The van der Waals surface area contributed by atoms with E-state index in [4.69, 9.17) is 25.5 Å². The van der Waals surface area contributed by atoms with Crippen LogP contribution in [0.1, 0.15) is 37.9 Å². The van der Waals surface area contributed by atoms with Crippen molar-refractivity contribution in [1.29, 1.82) is 0 Å². The Morgan fingerprint density at radius 2 is 1.88 bits per heavy atom. The van der Waals surface area contributed by atoms with Crippen LogP contribution in [-0.4, -0.2) is 52.3 Å². The topological polar surface area (TPSA) is 92.9 Å². The van der Waals surface area contributed by atoms with E-state index in [1.54, 1.807) is 12.3 Å². The van der Waals surface area contributed by atoms with Crippen LogP contribution in [0.3, 0.4) is 0 Å². The predicted octanol–water partition coefficient (Wildman–Crippen LogP) is 4.24. The Bertz CT molecular complexity index is 1020. The number of benzene rings is 1. The molecule has 0 bridgehead atoms. The van der Waals surface area contributed by atoms with Gasteiger partial charge in [0.25, 0.3) is 6.01 Å². The van der Waals surface area contributed by atoms with Crippen LogP contribution >= 0.6 is 11.6 Å². The van der Waals surface area contributed by atoms with Crippen LogP contribution in [-0.2, 0) is 13.2 Å². The van der Waals surface area contributed by atoms with Gasteiger partial charge in [-0.25, -0.2) is 0 Å². The van der Waals surface area contributed by atoms with E-state index in [-0.39, 0.29) is 12.6 Å². The summed E-state index contributed by atoms with van der Waals surface area (Å²) in [6.45, 7) is 7.51. The SMILES string of the molecule is CCOc1cc(CN2CCC(Nc3nc4ccnc(CO)c4o3)CC2)cc(OCC)c1Cl. The van der Waals surface area contributed by atoms with Crippen molar-refractivity contribution in [3.63, 3.8) is 0 Å². The number of oxazole rings is 1. The summed E-state index contributed by atoms with van der Waals surface area (Å²) in [7, 11) is 0. The van der Waals surface area contributed by atoms with Gasteiger partial charge in [0.1, 0.15) is 27.7 Å². The molecule has 0 amide bonds. The molecular formula is C23H29ClN4O4. The number of piperidine rings is 1. The van der Waals surface area contributed by atoms with Crippen molar-refractivity contribution in [2.24, 2.45) is 0 Å². The average molecular weight is 461 g/mol. The van der Waals surface area contributed by atoms with Gasteiger partial charge in [0.2, 0.25) is 0 Å². The third-order valence-electron chi connectivity index (χ3n) is 5.51. The second kappa shape index (κ2) is 10.4. The van der Waals surface area contributed by atoms with Gasteiger partial charge in [-0.1, -0.05) is 11.6 Å². The Hall–Kier alpha value is -2.55. The lowest BCUT2D eigenvalue weighted by Gasteiger charge is -2.32. The number of hydrogen-bond donors (Lipinski definition) is 2. The first kappa shape index (κ1) is 22.6. The van der Waals surface area contributed by atoms with Crippen LogP contribution in [0.2, 0.25) is 5.02 Å². The highest BCUT2D eigenvalue weighted by atomic mass is 35.5. The van der Waals surface area contributed by atoms with E-state index in [9.17, 15) is 5.11 Å². The zero-order valence-corrected chi connectivity index (χ0v) is 19.2. The molecule has 4 rings (SSSR count). The van der Waals surface area contributed by atoms with Crippen molar-refractivity contribution < 1.29 is 19.0 Å². The first-order chi connectivity index (χ1) is 15.6. The van der Waals surface area contributed by atoms with E-state index in [0.717, 1.165) is 38.0 Å². The maximum Gasteiger partial charge on any atom is 0.295 e. The number of rotatable bonds is 9. The van der Waals surface area contributed by atoms with E-state index in [1.165, 1.54) is 0 Å². The fourth-order valence-corrected chi connectivity index (χ4v) is 4.21. The molecule has 0 spiro atoms. The minimum Gasteiger partial charge on any atom is -0.492 e. The van der Waals surface area contributed by atoms with Gasteiger partial charge < -0.3 is 24.3 Å². The van der Waals surface area contributed by atoms with Crippen molar-refractivity contribution in [2.45, 2.75) is 45.9 Å². The Morgan fingerprint density at radius 3 is 2.50 bits per heavy atom. The molecule has 172 valence electrons. The summed E-state index contributed by atoms with van der Waals surface area (Å²) in [4.78, 5) is 11.0. The number of likely N-dealkylation sites (tertiary alicyclic amines) is 1. The summed E-state index contributed by atoms with van der Waals surface area (Å²) in [6, 6.07) is 6.54. The van der Waals surface area contributed by atoms with Gasteiger partial charge in [-0.05, 0) is 50.5 Å². The van der Waals surface area contributed by atoms with Crippen molar-refractivity contribution in [2.75, 3.05) is 31.6 Å². The van der Waals surface area contributed by atoms with Gasteiger partial charge in [0, 0.05) is 31.9 Å². The Balaban J connectivity index is 1.37. The lowest BCUT2D eigenvalue weighted by atomic mass is 10.0. The van der Waals surface area contributed by atoms with E-state index < -0.39 is 0 Å². The number of nitrogens with zero attached hydrogens (tertiary/aromatic N) is 3. The highest BCUT2D eigenvalue weighted by Crippen LogP contribution is 2.36. The van der Waals surface area contributed by atoms with Gasteiger partial charge in [-0.3, -0.25) is 9.88 Å². The Labute approximate surface area is 192 Å². The molecule has 32 heavy (non-hydrogen) atoms. The van der Waals surface area contributed by atoms with Crippen LogP contribution in [0.15, 0.2) is 28.8 Å². The minimum atomic E-state index is -0.176. The summed E-state index contributed by atoms with van der Waals surface area (Å²) in [6.07, 6.45) is 3.56. The minimum absolute atomic E-state index is 0.176. The third-order valence-corrected chi connectivity index (χ3v) is 5.89. The maximum absolute atomic E-state index is 9.43. The van der Waals surface area contributed by atoms with Crippen molar-refractivity contribution in [3.05, 3.63) is 40.7 Å². The zero-order valence-electron chi connectivity index (χ0n) is 18.4. The molecule has 2 aromatic heterocycles. The van der Waals surface area contributed by atoms with Crippen LogP contribution in [0.25, 0.3) is 11.1 Å². The average Bonchev–Trinajstić information content (AvgIpc) is 3.21. The molecule has 1 aliphatic rings. The highest BCUT2D eigenvalue weighted by molar-refractivity contribution is 6.33. The first-order valence-electron chi connectivity index (χ1n) is 11.0. The first-order valence-corrected chi connectivity index (χ1v) is 11.4. The lowest BCUT2D eigenvalue weighted by molar-refractivity contribution is 0.209. The number of fused-ring (bicyclic) bond motifs is 1. The molecule has 1 aromatic carbocycles. The number of pyridine rings is 1. The number of halogens is 1. The summed E-state index contributed by atoms with van der Waals surface area (Å²) < 4.78 is 17.2. The van der Waals surface area contributed by atoms with Crippen molar-refractivity contribution >= 4 is 28.7 Å². The van der Waals surface area contributed by atoms with E-state index in [2.05, 4.69) is 20.2 Å². The lowest BCUT2D eigenvalue weighted by Crippen LogP contribution is -2.38. The molecule has 3 aromatic rings. The molecule has 9 heteroatoms. The number of aromatic nitrogens is 2. The molecule has 0 atom stereocenters. The van der Waals surface area contributed by atoms with Gasteiger partial charge in [0.05, 0.1) is 19.8 Å². The standard InChI is InChI=1S/C23H29ClN4O4/c1-3-30-19-11-15(12-20(21(19)24)31-4-2)13-28-9-6-16(7-10-28)26-23-27-17-5-8-25-18(14-29)22(17)32-23/h5,8,11-12,16,29H,3-4,6-7,9-10,13-14H2,1-2H3,(H,26,27). The van der Waals surface area contributed by atoms with Gasteiger partial charge in [0.15, 0.2) is 5.58 Å². The van der Waals surface area contributed by atoms with Gasteiger partial charge in [-0.2, -0.15) is 4.98 Å². The molecule has 0 aliphatic carbocycles. The number of ether oxygens (including phenoxy) is 2. The number of anilines is 1. The quantitative estimate of drug-likeness (QED) is 0.489. The summed E-state index contributed by atoms with van der Waals surface area (Å²) >= 11 is 6.42. The maximum atomic E-state index is 9.43. The van der Waals surface area contributed by atoms with E-state index in [1.807, 2.05) is 26.0 Å². The number of aliphatic hydroxyl groups is 1. The fourth-order valence-electron chi connectivity index (χ4n) is 3.99. The second-order valence-corrected chi connectivity index (χ2v) is 8.13. The number of hydrogen-bond acceptors (Lipinski definition) is 8. The fraction of sp³-hybridized carbons (Fsp3) is 0.478. The monoisotopic (exact) mass is 460 g/mol.